The number of aromatic nitrogens is 2. The highest BCUT2D eigenvalue weighted by Gasteiger charge is 2.33. The average molecular weight is 493 g/mol. The topological polar surface area (TPSA) is 114 Å². The van der Waals surface area contributed by atoms with Gasteiger partial charge in [0, 0.05) is 42.7 Å². The van der Waals surface area contributed by atoms with Gasteiger partial charge in [-0.2, -0.15) is 0 Å². The van der Waals surface area contributed by atoms with Crippen molar-refractivity contribution in [1.29, 1.82) is 0 Å². The highest BCUT2D eigenvalue weighted by atomic mass is 16.6. The summed E-state index contributed by atoms with van der Waals surface area (Å²) in [6, 6.07) is 8.81. The van der Waals surface area contributed by atoms with E-state index in [4.69, 9.17) is 14.5 Å². The number of hydrogen-bond acceptors (Lipinski definition) is 8. The number of nitrogens with zero attached hydrogens (tertiary/aromatic N) is 4. The molecule has 1 unspecified atom stereocenters. The number of piperazine rings is 1. The van der Waals surface area contributed by atoms with Crippen molar-refractivity contribution in [2.24, 2.45) is 0 Å². The number of carbonyl (C=O) groups is 2. The van der Waals surface area contributed by atoms with Gasteiger partial charge in [-0.3, -0.25) is 4.79 Å². The highest BCUT2D eigenvalue weighted by molar-refractivity contribution is 5.86. The molecule has 1 amide bonds. The van der Waals surface area contributed by atoms with Crippen LogP contribution in [0.2, 0.25) is 0 Å². The smallest absolute Gasteiger partial charge is 0.415 e. The monoisotopic (exact) mass is 492 g/mol. The van der Waals surface area contributed by atoms with Crippen molar-refractivity contribution in [2.75, 3.05) is 33.2 Å². The van der Waals surface area contributed by atoms with Crippen LogP contribution in [0.4, 0.5) is 4.79 Å². The molecule has 5 heterocycles. The van der Waals surface area contributed by atoms with E-state index in [1.54, 1.807) is 33.7 Å². The first kappa shape index (κ1) is 24.0. The molecule has 36 heavy (non-hydrogen) atoms. The number of cyclic esters (lactones) is 1. The van der Waals surface area contributed by atoms with E-state index < -0.39 is 12.1 Å². The molecule has 6 rings (SSSR count). The fourth-order valence-corrected chi connectivity index (χ4v) is 4.73. The molecule has 0 aliphatic carbocycles. The largest absolute Gasteiger partial charge is 0.458 e. The summed E-state index contributed by atoms with van der Waals surface area (Å²) >= 11 is 0. The van der Waals surface area contributed by atoms with Gasteiger partial charge in [-0.1, -0.05) is 13.8 Å². The van der Waals surface area contributed by atoms with Gasteiger partial charge in [0.2, 0.25) is 0 Å². The van der Waals surface area contributed by atoms with E-state index in [1.165, 1.54) is 0 Å². The van der Waals surface area contributed by atoms with Crippen molar-refractivity contribution in [3.05, 3.63) is 57.4 Å². The fraction of sp³-hybridized carbons (Fsp3) is 0.385. The number of likely N-dealkylation sites (N-methyl/N-ethyl adjacent to an activating group) is 1. The van der Waals surface area contributed by atoms with Crippen LogP contribution in [-0.4, -0.2) is 69.7 Å². The van der Waals surface area contributed by atoms with E-state index in [-0.39, 0.29) is 29.4 Å². The van der Waals surface area contributed by atoms with Crippen molar-refractivity contribution in [3.8, 4) is 17.1 Å². The van der Waals surface area contributed by atoms with Crippen LogP contribution in [0.1, 0.15) is 36.6 Å². The number of hydrogen-bond donors (Lipinski definition) is 1. The van der Waals surface area contributed by atoms with Crippen molar-refractivity contribution >= 4 is 23.0 Å². The van der Waals surface area contributed by atoms with Gasteiger partial charge in [0.1, 0.15) is 12.4 Å². The number of pyridine rings is 2. The number of benzene rings is 1. The highest BCUT2D eigenvalue weighted by Crippen LogP contribution is 2.35. The molecule has 1 fully saturated rings. The number of aliphatic hydroxyl groups excluding tert-OH is 1. The fourth-order valence-electron chi connectivity index (χ4n) is 4.73. The summed E-state index contributed by atoms with van der Waals surface area (Å²) in [7, 11) is 2.02. The molecule has 1 atom stereocenters. The first-order valence-corrected chi connectivity index (χ1v) is 12.1. The maximum absolute atomic E-state index is 13.0. The maximum atomic E-state index is 13.0. The van der Waals surface area contributed by atoms with Gasteiger partial charge in [-0.15, -0.1) is 0 Å². The van der Waals surface area contributed by atoms with E-state index in [0.29, 0.717) is 42.3 Å². The molecule has 10 nitrogen and oxygen atoms in total. The summed E-state index contributed by atoms with van der Waals surface area (Å²) in [4.78, 5) is 45.9. The van der Waals surface area contributed by atoms with Crippen molar-refractivity contribution in [1.82, 2.24) is 19.4 Å². The Kier molecular flexibility index (Phi) is 6.23. The Balaban J connectivity index is 0.00000130. The summed E-state index contributed by atoms with van der Waals surface area (Å²) in [5.41, 5.74) is 2.94. The third-order valence-corrected chi connectivity index (χ3v) is 6.71. The van der Waals surface area contributed by atoms with E-state index in [9.17, 15) is 19.5 Å². The second-order valence-electron chi connectivity index (χ2n) is 8.87. The Hall–Kier alpha value is -3.76. The van der Waals surface area contributed by atoms with E-state index in [2.05, 4.69) is 4.90 Å². The SMILES string of the molecule is CC.CN1CCN(C(=O)Oc2ccc3nc4c(cc3c2)Cn2c-4cc3c(c2=O)COC(=O)C3O)CC1. The molecule has 0 spiro atoms. The lowest BCUT2D eigenvalue weighted by Crippen LogP contribution is -2.48. The molecule has 0 saturated carbocycles. The number of aliphatic hydroxyl groups is 1. The van der Waals surface area contributed by atoms with Gasteiger partial charge in [-0.25, -0.2) is 14.6 Å². The third kappa shape index (κ3) is 4.02. The predicted octanol–water partition coefficient (Wildman–Crippen LogP) is 2.29. The van der Waals surface area contributed by atoms with Gasteiger partial charge in [0.15, 0.2) is 6.10 Å². The molecular formula is C26H28N4O6. The number of carbonyl (C=O) groups excluding carboxylic acids is 2. The van der Waals surface area contributed by atoms with Crippen LogP contribution < -0.4 is 10.3 Å². The first-order valence-electron chi connectivity index (χ1n) is 12.1. The standard InChI is InChI=1S/C24H22N4O6.C2H6/c1-26-4-6-27(7-5-26)24(32)34-15-2-3-18-13(9-15)8-14-11-28-19(20(14)25-18)10-16-17(22(28)30)12-33-23(31)21(16)29;1-2/h2-3,8-10,21,29H,4-7,11-12H2,1H3;1-2H3. The Labute approximate surface area is 207 Å². The van der Waals surface area contributed by atoms with Crippen LogP contribution in [0.5, 0.6) is 5.75 Å². The molecule has 2 aromatic heterocycles. The summed E-state index contributed by atoms with van der Waals surface area (Å²) in [6.07, 6.45) is -1.86. The van der Waals surface area contributed by atoms with Crippen LogP contribution in [0.25, 0.3) is 22.3 Å². The van der Waals surface area contributed by atoms with E-state index in [1.807, 2.05) is 27.0 Å². The second kappa shape index (κ2) is 9.36. The third-order valence-electron chi connectivity index (χ3n) is 6.71. The Morgan fingerprint density at radius 3 is 2.61 bits per heavy atom. The Bertz CT molecular complexity index is 1420. The molecular weight excluding hydrogens is 464 g/mol. The van der Waals surface area contributed by atoms with Crippen LogP contribution in [0, 0.1) is 0 Å². The van der Waals surface area contributed by atoms with E-state index >= 15 is 0 Å². The number of ether oxygens (including phenoxy) is 2. The minimum Gasteiger partial charge on any atom is -0.458 e. The molecule has 3 aliphatic heterocycles. The lowest BCUT2D eigenvalue weighted by atomic mass is 10.0. The van der Waals surface area contributed by atoms with Gasteiger partial charge >= 0.3 is 12.1 Å². The number of fused-ring (bicyclic) bond motifs is 5. The zero-order chi connectivity index (χ0) is 25.6. The average Bonchev–Trinajstić information content (AvgIpc) is 3.24. The normalized spacial score (nSPS) is 18.5. The Morgan fingerprint density at radius 1 is 1.11 bits per heavy atom. The van der Waals surface area contributed by atoms with Crippen LogP contribution >= 0.6 is 0 Å². The molecule has 188 valence electrons. The Morgan fingerprint density at radius 2 is 1.86 bits per heavy atom. The molecule has 1 aromatic carbocycles. The van der Waals surface area contributed by atoms with Crippen molar-refractivity contribution in [2.45, 2.75) is 33.1 Å². The summed E-state index contributed by atoms with van der Waals surface area (Å²) in [5, 5.41) is 11.0. The van der Waals surface area contributed by atoms with Gasteiger partial charge < -0.3 is 28.9 Å². The lowest BCUT2D eigenvalue weighted by Gasteiger charge is -2.31. The maximum Gasteiger partial charge on any atom is 0.415 e. The summed E-state index contributed by atoms with van der Waals surface area (Å²) < 4.78 is 12.1. The van der Waals surface area contributed by atoms with E-state index in [0.717, 1.165) is 24.0 Å². The minimum absolute atomic E-state index is 0.155. The van der Waals surface area contributed by atoms with Gasteiger partial charge in [0.05, 0.1) is 29.0 Å². The molecule has 0 bridgehead atoms. The zero-order valence-corrected chi connectivity index (χ0v) is 20.5. The van der Waals surface area contributed by atoms with Crippen LogP contribution in [-0.2, 0) is 22.7 Å². The number of rotatable bonds is 1. The first-order chi connectivity index (χ1) is 17.4. The molecule has 3 aromatic rings. The van der Waals surface area contributed by atoms with Crippen LogP contribution in [0.3, 0.4) is 0 Å². The predicted molar refractivity (Wildman–Crippen MR) is 132 cm³/mol. The lowest BCUT2D eigenvalue weighted by molar-refractivity contribution is -0.157. The van der Waals surface area contributed by atoms with Crippen molar-refractivity contribution in [3.63, 3.8) is 0 Å². The molecule has 1 N–H and O–H groups in total. The van der Waals surface area contributed by atoms with Crippen LogP contribution in [0.15, 0.2) is 35.1 Å². The molecule has 1 saturated heterocycles. The quantitative estimate of drug-likeness (QED) is 0.403. The molecule has 3 aliphatic rings. The zero-order valence-electron chi connectivity index (χ0n) is 20.5. The number of esters is 1. The summed E-state index contributed by atoms with van der Waals surface area (Å²) in [5.74, 6) is -0.333. The molecule has 0 radical (unpaired) electrons. The number of amides is 1. The van der Waals surface area contributed by atoms with Crippen molar-refractivity contribution < 1.29 is 24.2 Å². The van der Waals surface area contributed by atoms with Gasteiger partial charge in [0.25, 0.3) is 5.56 Å². The minimum atomic E-state index is -1.48. The summed E-state index contributed by atoms with van der Waals surface area (Å²) in [6.45, 7) is 7.03. The molecule has 10 heteroatoms. The second-order valence-corrected chi connectivity index (χ2v) is 8.87. The van der Waals surface area contributed by atoms with Gasteiger partial charge in [-0.05, 0) is 37.4 Å².